The molecule has 3 saturated carbocycles. The summed E-state index contributed by atoms with van der Waals surface area (Å²) in [6.45, 7) is 20.8. The van der Waals surface area contributed by atoms with Crippen molar-refractivity contribution in [3.8, 4) is 0 Å². The van der Waals surface area contributed by atoms with E-state index in [1.165, 1.54) is 115 Å². The minimum absolute atomic E-state index is 0.423. The summed E-state index contributed by atoms with van der Waals surface area (Å²) < 4.78 is 6.95. The number of unbranched alkanes of at least 4 members (excludes halogenated alkanes) is 5. The molecule has 238 valence electrons. The van der Waals surface area contributed by atoms with Crippen LogP contribution < -0.4 is 0 Å². The fourth-order valence-corrected chi connectivity index (χ4v) is 11.3. The van der Waals surface area contributed by atoms with Crippen LogP contribution in [0.1, 0.15) is 165 Å². The van der Waals surface area contributed by atoms with Crippen molar-refractivity contribution in [3.63, 3.8) is 0 Å². The zero-order valence-electron chi connectivity index (χ0n) is 28.9. The Balaban J connectivity index is 1.20. The largest absolute Gasteiger partial charge is 0.378 e. The lowest BCUT2D eigenvalue weighted by molar-refractivity contribution is -0.0641. The molecule has 0 amide bonds. The van der Waals surface area contributed by atoms with Crippen LogP contribution in [0, 0.1) is 46.3 Å². The van der Waals surface area contributed by atoms with Gasteiger partial charge in [-0.05, 0) is 116 Å². The molecule has 8 atom stereocenters. The van der Waals surface area contributed by atoms with E-state index in [-0.39, 0.29) is 0 Å². The molecule has 4 aliphatic rings. The third-order valence-corrected chi connectivity index (χ3v) is 14.0. The highest BCUT2D eigenvalue weighted by atomic mass is 32.2. The number of rotatable bonds is 15. The standard InChI is InChI=1S/C39H70OS/c1-29(2)16-15-17-30(3)34-20-21-35-33-19-18-31-28-32(22-24-38(31,7)36(33)23-25-39(34,35)8)40-26-13-11-9-10-12-14-27-41-37(4,5)6/h18,29-30,32-36H,9-17,19-28H2,1-8H3/t30?,32-,33?,34?,35?,36?,38?,39?/m0/s1. The summed E-state index contributed by atoms with van der Waals surface area (Å²) in [6.07, 6.45) is 27.0. The summed E-state index contributed by atoms with van der Waals surface area (Å²) in [7, 11) is 0. The zero-order chi connectivity index (χ0) is 29.7. The number of hydrogen-bond donors (Lipinski definition) is 0. The van der Waals surface area contributed by atoms with Crippen LogP contribution in [0.2, 0.25) is 0 Å². The van der Waals surface area contributed by atoms with E-state index in [4.69, 9.17) is 4.74 Å². The Labute approximate surface area is 261 Å². The van der Waals surface area contributed by atoms with Crippen molar-refractivity contribution < 1.29 is 4.74 Å². The fraction of sp³-hybridized carbons (Fsp3) is 0.949. The van der Waals surface area contributed by atoms with Crippen molar-refractivity contribution in [2.24, 2.45) is 46.3 Å². The maximum atomic E-state index is 6.52. The molecule has 0 aliphatic heterocycles. The molecule has 0 aromatic heterocycles. The van der Waals surface area contributed by atoms with Crippen LogP contribution >= 0.6 is 11.8 Å². The van der Waals surface area contributed by atoms with Crippen molar-refractivity contribution in [2.45, 2.75) is 175 Å². The second-order valence-corrected chi connectivity index (χ2v) is 19.0. The van der Waals surface area contributed by atoms with Crippen molar-refractivity contribution in [1.29, 1.82) is 0 Å². The number of thioether (sulfide) groups is 1. The fourth-order valence-electron chi connectivity index (χ4n) is 10.3. The molecule has 3 fully saturated rings. The van der Waals surface area contributed by atoms with Gasteiger partial charge in [-0.1, -0.05) is 112 Å². The summed E-state index contributed by atoms with van der Waals surface area (Å²) in [6, 6.07) is 0. The van der Waals surface area contributed by atoms with Gasteiger partial charge in [-0.15, -0.1) is 0 Å². The average molecular weight is 587 g/mol. The summed E-state index contributed by atoms with van der Waals surface area (Å²) in [4.78, 5) is 0. The van der Waals surface area contributed by atoms with Crippen molar-refractivity contribution in [3.05, 3.63) is 11.6 Å². The summed E-state index contributed by atoms with van der Waals surface area (Å²) >= 11 is 2.12. The lowest BCUT2D eigenvalue weighted by Gasteiger charge is -2.58. The van der Waals surface area contributed by atoms with Crippen molar-refractivity contribution in [1.82, 2.24) is 0 Å². The molecule has 0 aromatic rings. The first-order chi connectivity index (χ1) is 19.4. The Morgan fingerprint density at radius 2 is 1.59 bits per heavy atom. The Morgan fingerprint density at radius 3 is 2.32 bits per heavy atom. The Morgan fingerprint density at radius 1 is 0.854 bits per heavy atom. The second-order valence-electron chi connectivity index (χ2n) is 17.1. The van der Waals surface area contributed by atoms with E-state index in [1.807, 2.05) is 0 Å². The van der Waals surface area contributed by atoms with E-state index in [1.54, 1.807) is 5.57 Å². The van der Waals surface area contributed by atoms with Crippen LogP contribution in [0.25, 0.3) is 0 Å². The van der Waals surface area contributed by atoms with Crippen LogP contribution in [-0.2, 0) is 4.74 Å². The van der Waals surface area contributed by atoms with Gasteiger partial charge in [0.15, 0.2) is 0 Å². The third kappa shape index (κ3) is 8.61. The number of allylic oxidation sites excluding steroid dienone is 1. The molecule has 0 heterocycles. The molecule has 41 heavy (non-hydrogen) atoms. The highest BCUT2D eigenvalue weighted by molar-refractivity contribution is 8.00. The van der Waals surface area contributed by atoms with Gasteiger partial charge in [0, 0.05) is 11.4 Å². The molecule has 4 aliphatic carbocycles. The van der Waals surface area contributed by atoms with Gasteiger partial charge >= 0.3 is 0 Å². The van der Waals surface area contributed by atoms with E-state index in [9.17, 15) is 0 Å². The molecule has 2 heteroatoms. The van der Waals surface area contributed by atoms with Gasteiger partial charge in [0.25, 0.3) is 0 Å². The van der Waals surface area contributed by atoms with E-state index in [0.717, 1.165) is 42.1 Å². The first kappa shape index (κ1) is 33.9. The average Bonchev–Trinajstić information content (AvgIpc) is 3.26. The first-order valence-corrected chi connectivity index (χ1v) is 19.4. The van der Waals surface area contributed by atoms with Crippen molar-refractivity contribution >= 4 is 11.8 Å². The molecule has 4 rings (SSSR count). The molecule has 7 unspecified atom stereocenters. The van der Waals surface area contributed by atoms with Crippen molar-refractivity contribution in [2.75, 3.05) is 12.4 Å². The van der Waals surface area contributed by atoms with Crippen LogP contribution in [0.15, 0.2) is 11.6 Å². The van der Waals surface area contributed by atoms with Gasteiger partial charge in [0.1, 0.15) is 0 Å². The van der Waals surface area contributed by atoms with E-state index in [0.29, 0.717) is 21.7 Å². The molecule has 0 spiro atoms. The van der Waals surface area contributed by atoms with Gasteiger partial charge in [-0.2, -0.15) is 11.8 Å². The number of fused-ring (bicyclic) bond motifs is 5. The second kappa shape index (κ2) is 14.9. The quantitative estimate of drug-likeness (QED) is 0.139. The van der Waals surface area contributed by atoms with Gasteiger partial charge < -0.3 is 4.74 Å². The smallest absolute Gasteiger partial charge is 0.0612 e. The predicted molar refractivity (Wildman–Crippen MR) is 183 cm³/mol. The number of ether oxygens (including phenoxy) is 1. The zero-order valence-corrected chi connectivity index (χ0v) is 29.7. The van der Waals surface area contributed by atoms with Gasteiger partial charge in [-0.3, -0.25) is 0 Å². The monoisotopic (exact) mass is 587 g/mol. The van der Waals surface area contributed by atoms with Crippen LogP contribution in [0.5, 0.6) is 0 Å². The minimum Gasteiger partial charge on any atom is -0.378 e. The summed E-state index contributed by atoms with van der Waals surface area (Å²) in [5, 5.41) is 0. The summed E-state index contributed by atoms with van der Waals surface area (Å²) in [5.74, 6) is 6.91. The molecular formula is C39H70OS. The molecule has 0 radical (unpaired) electrons. The molecule has 0 bridgehead atoms. The highest BCUT2D eigenvalue weighted by Crippen LogP contribution is 2.67. The SMILES string of the molecule is CC(C)CCCC(C)C1CCC2C3CC=C4C[C@@H](OCCCCCCCCSC(C)(C)C)CCC4(C)C3CCC12C. The van der Waals surface area contributed by atoms with Crippen LogP contribution in [0.3, 0.4) is 0 Å². The van der Waals surface area contributed by atoms with E-state index in [2.05, 4.69) is 73.2 Å². The highest BCUT2D eigenvalue weighted by Gasteiger charge is 2.59. The topological polar surface area (TPSA) is 9.23 Å². The van der Waals surface area contributed by atoms with Gasteiger partial charge in [0.2, 0.25) is 0 Å². The molecule has 0 saturated heterocycles. The Kier molecular flexibility index (Phi) is 12.3. The van der Waals surface area contributed by atoms with E-state index >= 15 is 0 Å². The third-order valence-electron chi connectivity index (χ3n) is 12.7. The van der Waals surface area contributed by atoms with E-state index < -0.39 is 0 Å². The lowest BCUT2D eigenvalue weighted by Crippen LogP contribution is -2.51. The predicted octanol–water partition coefficient (Wildman–Crippen LogP) is 12.3. The molecule has 1 nitrogen and oxygen atoms in total. The Bertz CT molecular complexity index is 824. The molecule has 0 aromatic carbocycles. The summed E-state index contributed by atoms with van der Waals surface area (Å²) in [5.41, 5.74) is 2.85. The lowest BCUT2D eigenvalue weighted by atomic mass is 9.47. The Hall–Kier alpha value is 0.0500. The molecule has 0 N–H and O–H groups in total. The maximum absolute atomic E-state index is 6.52. The molecular weight excluding hydrogens is 516 g/mol. The normalized spacial score (nSPS) is 36.0. The van der Waals surface area contributed by atoms with Gasteiger partial charge in [0.05, 0.1) is 6.10 Å². The minimum atomic E-state index is 0.423. The number of hydrogen-bond acceptors (Lipinski definition) is 2. The van der Waals surface area contributed by atoms with Crippen LogP contribution in [-0.4, -0.2) is 23.2 Å². The van der Waals surface area contributed by atoms with Crippen LogP contribution in [0.4, 0.5) is 0 Å². The maximum Gasteiger partial charge on any atom is 0.0612 e. The first-order valence-electron chi connectivity index (χ1n) is 18.4. The van der Waals surface area contributed by atoms with Gasteiger partial charge in [-0.25, -0.2) is 0 Å².